The minimum Gasteiger partial charge on any atom is -0.302 e. The van der Waals surface area contributed by atoms with E-state index in [1.807, 2.05) is 26.0 Å². The molecule has 0 aromatic heterocycles. The Balaban J connectivity index is 4.29. The quantitative estimate of drug-likeness (QED) is 0.0841. The Morgan fingerprint density at radius 2 is 0.644 bits per heavy atom. The Hall–Kier alpha value is -1.97. The van der Waals surface area contributed by atoms with Gasteiger partial charge in [0.05, 0.1) is 13.2 Å². The molecule has 5 heteroatoms. The van der Waals surface area contributed by atoms with Gasteiger partial charge < -0.3 is 4.89 Å². The van der Waals surface area contributed by atoms with Gasteiger partial charge >= 0.3 is 7.82 Å². The highest BCUT2D eigenvalue weighted by Gasteiger charge is 2.19. The summed E-state index contributed by atoms with van der Waals surface area (Å²) in [5.41, 5.74) is 10.8. The predicted molar refractivity (Wildman–Crippen MR) is 199 cm³/mol. The SMILES string of the molecule is CC(C)=CCC/C(C)=C/CC/C(C)=C/CC/C(C)=C/COP(=O)(O)OC/C=C(\C)CC/C=C(\C)CC/C=C(\C)CCC=C(C)C. The molecule has 0 saturated carbocycles. The Labute approximate surface area is 278 Å². The van der Waals surface area contributed by atoms with Crippen molar-refractivity contribution in [2.45, 2.75) is 146 Å². The summed E-state index contributed by atoms with van der Waals surface area (Å²) >= 11 is 0. The van der Waals surface area contributed by atoms with Gasteiger partial charge in [-0.15, -0.1) is 0 Å². The molecule has 45 heavy (non-hydrogen) atoms. The maximum atomic E-state index is 12.3. The fourth-order valence-electron chi connectivity index (χ4n) is 4.56. The molecular formula is C40H67O4P. The molecule has 0 aliphatic rings. The van der Waals surface area contributed by atoms with Gasteiger partial charge in [-0.05, 0) is 146 Å². The van der Waals surface area contributed by atoms with E-state index in [9.17, 15) is 9.46 Å². The monoisotopic (exact) mass is 642 g/mol. The highest BCUT2D eigenvalue weighted by molar-refractivity contribution is 7.47. The van der Waals surface area contributed by atoms with E-state index in [-0.39, 0.29) is 13.2 Å². The number of phosphoric ester groups is 1. The van der Waals surface area contributed by atoms with Gasteiger partial charge in [0, 0.05) is 0 Å². The third-order valence-electron chi connectivity index (χ3n) is 7.65. The van der Waals surface area contributed by atoms with Crippen LogP contribution < -0.4 is 0 Å². The summed E-state index contributed by atoms with van der Waals surface area (Å²) in [5, 5.41) is 0. The number of phosphoric acid groups is 1. The van der Waals surface area contributed by atoms with Crippen molar-refractivity contribution in [3.8, 4) is 0 Å². The number of allylic oxidation sites excluding steroid dienone is 14. The van der Waals surface area contributed by atoms with E-state index in [4.69, 9.17) is 9.05 Å². The molecule has 0 saturated heterocycles. The van der Waals surface area contributed by atoms with Crippen molar-refractivity contribution >= 4 is 7.82 Å². The second-order valence-electron chi connectivity index (χ2n) is 13.2. The molecule has 0 aliphatic heterocycles. The van der Waals surface area contributed by atoms with Crippen LogP contribution in [0.1, 0.15) is 146 Å². The summed E-state index contributed by atoms with van der Waals surface area (Å²) in [4.78, 5) is 10.0. The standard InChI is InChI=1S/C40H67O4P/c1-33(2)17-11-19-35(5)21-13-23-37(7)25-15-27-39(9)29-31-43-45(41,42)44-32-30-40(10)28-16-26-38(8)24-14-22-36(6)20-12-18-34(3)4/h17-18,21-22,25-26,29-30H,11-16,19-20,23-24,27-28,31-32H2,1-10H3,(H,41,42)/b35-21+,36-22+,37-25+,38-26+,39-29+,40-30+. The molecule has 0 heterocycles. The molecule has 0 aromatic carbocycles. The van der Waals surface area contributed by atoms with Gasteiger partial charge in [0.1, 0.15) is 0 Å². The summed E-state index contributed by atoms with van der Waals surface area (Å²) in [6.07, 6.45) is 30.2. The molecule has 0 fully saturated rings. The maximum Gasteiger partial charge on any atom is 0.472 e. The average molecular weight is 643 g/mol. The van der Waals surface area contributed by atoms with Crippen molar-refractivity contribution in [3.05, 3.63) is 93.2 Å². The van der Waals surface area contributed by atoms with Crippen molar-refractivity contribution < 1.29 is 18.5 Å². The van der Waals surface area contributed by atoms with Crippen LogP contribution in [0.5, 0.6) is 0 Å². The van der Waals surface area contributed by atoms with E-state index in [1.165, 1.54) is 33.4 Å². The fraction of sp³-hybridized carbons (Fsp3) is 0.600. The first-order valence-corrected chi connectivity index (χ1v) is 18.5. The third kappa shape index (κ3) is 29.2. The highest BCUT2D eigenvalue weighted by atomic mass is 31.2. The van der Waals surface area contributed by atoms with E-state index in [2.05, 4.69) is 91.8 Å². The van der Waals surface area contributed by atoms with Crippen LogP contribution in [0.15, 0.2) is 93.2 Å². The fourth-order valence-corrected chi connectivity index (χ4v) is 5.16. The molecule has 0 amide bonds. The number of hydrogen-bond donors (Lipinski definition) is 1. The Kier molecular flexibility index (Phi) is 25.0. The molecular weight excluding hydrogens is 575 g/mol. The Morgan fingerprint density at radius 1 is 0.422 bits per heavy atom. The van der Waals surface area contributed by atoms with Crippen LogP contribution in [0.4, 0.5) is 0 Å². The third-order valence-corrected chi connectivity index (χ3v) is 8.60. The lowest BCUT2D eigenvalue weighted by atomic mass is 10.0. The first-order valence-electron chi connectivity index (χ1n) is 17.0. The first kappa shape index (κ1) is 43.0. The van der Waals surface area contributed by atoms with Gasteiger partial charge in [-0.3, -0.25) is 9.05 Å². The lowest BCUT2D eigenvalue weighted by Gasteiger charge is -2.10. The molecule has 1 N–H and O–H groups in total. The van der Waals surface area contributed by atoms with Gasteiger partial charge in [-0.25, -0.2) is 4.57 Å². The smallest absolute Gasteiger partial charge is 0.302 e. The summed E-state index contributed by atoms with van der Waals surface area (Å²) in [6, 6.07) is 0. The number of rotatable bonds is 24. The molecule has 0 radical (unpaired) electrons. The Bertz CT molecular complexity index is 1050. The van der Waals surface area contributed by atoms with Crippen LogP contribution in [0.3, 0.4) is 0 Å². The molecule has 0 unspecified atom stereocenters. The van der Waals surface area contributed by atoms with Crippen molar-refractivity contribution in [3.63, 3.8) is 0 Å². The van der Waals surface area contributed by atoms with E-state index < -0.39 is 7.82 Å². The van der Waals surface area contributed by atoms with Gasteiger partial charge in [0.2, 0.25) is 0 Å². The zero-order valence-electron chi connectivity index (χ0n) is 30.6. The average Bonchev–Trinajstić information content (AvgIpc) is 2.92. The Morgan fingerprint density at radius 3 is 0.889 bits per heavy atom. The van der Waals surface area contributed by atoms with Crippen LogP contribution in [-0.2, 0) is 13.6 Å². The van der Waals surface area contributed by atoms with Gasteiger partial charge in [0.25, 0.3) is 0 Å². The lowest BCUT2D eigenvalue weighted by molar-refractivity contribution is 0.174. The minimum atomic E-state index is -4.08. The first-order chi connectivity index (χ1) is 21.2. The van der Waals surface area contributed by atoms with Crippen molar-refractivity contribution in [2.24, 2.45) is 0 Å². The molecule has 0 aromatic rings. The van der Waals surface area contributed by atoms with Crippen LogP contribution in [0.25, 0.3) is 0 Å². The van der Waals surface area contributed by atoms with Gasteiger partial charge in [-0.1, -0.05) is 93.2 Å². The molecule has 4 nitrogen and oxygen atoms in total. The zero-order valence-corrected chi connectivity index (χ0v) is 31.5. The van der Waals surface area contributed by atoms with Crippen molar-refractivity contribution in [1.82, 2.24) is 0 Å². The zero-order chi connectivity index (χ0) is 34.1. The van der Waals surface area contributed by atoms with Crippen LogP contribution in [-0.4, -0.2) is 18.1 Å². The van der Waals surface area contributed by atoms with Gasteiger partial charge in [-0.2, -0.15) is 0 Å². The molecule has 0 rings (SSSR count). The van der Waals surface area contributed by atoms with E-state index in [0.29, 0.717) is 0 Å². The van der Waals surface area contributed by atoms with Crippen LogP contribution >= 0.6 is 7.82 Å². The van der Waals surface area contributed by atoms with Gasteiger partial charge in [0.15, 0.2) is 0 Å². The molecule has 0 atom stereocenters. The van der Waals surface area contributed by atoms with Crippen LogP contribution in [0, 0.1) is 0 Å². The minimum absolute atomic E-state index is 0.0655. The maximum absolute atomic E-state index is 12.3. The summed E-state index contributed by atoms with van der Waals surface area (Å²) in [5.74, 6) is 0. The van der Waals surface area contributed by atoms with E-state index in [1.54, 1.807) is 0 Å². The largest absolute Gasteiger partial charge is 0.472 e. The second kappa shape index (κ2) is 26.1. The van der Waals surface area contributed by atoms with Crippen LogP contribution in [0.2, 0.25) is 0 Å². The normalized spacial score (nSPS) is 15.3. The summed E-state index contributed by atoms with van der Waals surface area (Å²) in [7, 11) is -4.08. The molecule has 0 spiro atoms. The second-order valence-corrected chi connectivity index (χ2v) is 14.6. The molecule has 0 aliphatic carbocycles. The van der Waals surface area contributed by atoms with E-state index >= 15 is 0 Å². The van der Waals surface area contributed by atoms with Crippen molar-refractivity contribution in [2.75, 3.05) is 13.2 Å². The highest BCUT2D eigenvalue weighted by Crippen LogP contribution is 2.43. The van der Waals surface area contributed by atoms with Crippen molar-refractivity contribution in [1.29, 1.82) is 0 Å². The molecule has 0 bridgehead atoms. The predicted octanol–water partition coefficient (Wildman–Crippen LogP) is 13.4. The lowest BCUT2D eigenvalue weighted by Crippen LogP contribution is -1.97. The summed E-state index contributed by atoms with van der Waals surface area (Å²) in [6.45, 7) is 21.6. The van der Waals surface area contributed by atoms with E-state index in [0.717, 1.165) is 88.2 Å². The molecule has 256 valence electrons. The topological polar surface area (TPSA) is 55.8 Å². The number of hydrogen-bond acceptors (Lipinski definition) is 3. The summed E-state index contributed by atoms with van der Waals surface area (Å²) < 4.78 is 22.6.